The number of fused-ring (bicyclic) bond motifs is 5. The first-order chi connectivity index (χ1) is 11.8. The molecule has 4 heteroatoms. The normalized spacial score (nSPS) is 20.2. The van der Waals surface area contributed by atoms with Crippen LogP contribution in [0.2, 0.25) is 0 Å². The van der Waals surface area contributed by atoms with Crippen molar-refractivity contribution in [1.29, 1.82) is 0 Å². The summed E-state index contributed by atoms with van der Waals surface area (Å²) in [5.74, 6) is 6.30. The zero-order valence-corrected chi connectivity index (χ0v) is 12.7. The van der Waals surface area contributed by atoms with Crippen LogP contribution in [-0.2, 0) is 4.79 Å². The lowest BCUT2D eigenvalue weighted by molar-refractivity contribution is -0.125. The first-order valence-corrected chi connectivity index (χ1v) is 7.86. The third-order valence-electron chi connectivity index (χ3n) is 4.66. The van der Waals surface area contributed by atoms with Gasteiger partial charge < -0.3 is 9.88 Å². The van der Waals surface area contributed by atoms with Crippen molar-refractivity contribution >= 4 is 11.6 Å². The fourth-order valence-electron chi connectivity index (χ4n) is 3.58. The van der Waals surface area contributed by atoms with Gasteiger partial charge in [-0.25, -0.2) is 4.98 Å². The Labute approximate surface area is 139 Å². The molecule has 2 aliphatic rings. The molecule has 24 heavy (non-hydrogen) atoms. The Hall–Kier alpha value is -3.32. The van der Waals surface area contributed by atoms with Gasteiger partial charge in [-0.2, -0.15) is 0 Å². The van der Waals surface area contributed by atoms with Crippen LogP contribution in [0, 0.1) is 11.8 Å². The summed E-state index contributed by atoms with van der Waals surface area (Å²) in [5.41, 5.74) is 4.81. The quantitative estimate of drug-likeness (QED) is 0.555. The number of pyridine rings is 1. The van der Waals surface area contributed by atoms with Crippen molar-refractivity contribution in [2.45, 2.75) is 12.0 Å². The number of benzene rings is 1. The van der Waals surface area contributed by atoms with Crippen molar-refractivity contribution < 1.29 is 4.79 Å². The van der Waals surface area contributed by atoms with Crippen LogP contribution in [0.1, 0.15) is 34.5 Å². The number of rotatable bonds is 1. The van der Waals surface area contributed by atoms with E-state index in [-0.39, 0.29) is 17.9 Å². The summed E-state index contributed by atoms with van der Waals surface area (Å²) in [4.78, 5) is 21.7. The maximum atomic E-state index is 12.3. The molecule has 1 N–H and O–H groups in total. The molecule has 1 saturated heterocycles. The summed E-state index contributed by atoms with van der Waals surface area (Å²) in [6.07, 6.45) is 3.63. The minimum Gasteiger partial charge on any atom is -0.363 e. The number of aromatic amines is 1. The molecule has 5 rings (SSSR count). The molecule has 1 aromatic carbocycles. The molecule has 2 bridgehead atoms. The zero-order valence-electron chi connectivity index (χ0n) is 12.7. The van der Waals surface area contributed by atoms with Crippen LogP contribution < -0.4 is 4.90 Å². The van der Waals surface area contributed by atoms with E-state index < -0.39 is 0 Å². The fraction of sp³-hybridized carbons (Fsp3) is 0.100. The third-order valence-corrected chi connectivity index (χ3v) is 4.66. The predicted octanol–water partition coefficient (Wildman–Crippen LogP) is 2.99. The van der Waals surface area contributed by atoms with E-state index in [9.17, 15) is 4.79 Å². The summed E-state index contributed by atoms with van der Waals surface area (Å²) in [6.45, 7) is 0. The van der Waals surface area contributed by atoms with Gasteiger partial charge >= 0.3 is 0 Å². The lowest BCUT2D eigenvalue weighted by Gasteiger charge is -2.37. The number of carbonyl (C=O) groups is 1. The molecule has 114 valence electrons. The Morgan fingerprint density at radius 3 is 2.83 bits per heavy atom. The van der Waals surface area contributed by atoms with E-state index in [0.29, 0.717) is 0 Å². The van der Waals surface area contributed by atoms with Crippen molar-refractivity contribution in [2.24, 2.45) is 0 Å². The molecule has 2 aromatic heterocycles. The predicted molar refractivity (Wildman–Crippen MR) is 90.4 cm³/mol. The average molecular weight is 311 g/mol. The van der Waals surface area contributed by atoms with Crippen molar-refractivity contribution in [2.75, 3.05) is 4.90 Å². The number of carbonyl (C=O) groups excluding carboxylic acids is 1. The van der Waals surface area contributed by atoms with Gasteiger partial charge in [0.15, 0.2) is 0 Å². The van der Waals surface area contributed by atoms with Gasteiger partial charge in [0, 0.05) is 29.3 Å². The smallest absolute Gasteiger partial charge is 0.237 e. The molecule has 4 nitrogen and oxygen atoms in total. The Balaban J connectivity index is 1.50. The van der Waals surface area contributed by atoms with Gasteiger partial charge in [0.25, 0.3) is 0 Å². The van der Waals surface area contributed by atoms with Gasteiger partial charge in [-0.3, -0.25) is 4.79 Å². The van der Waals surface area contributed by atoms with E-state index in [1.165, 1.54) is 0 Å². The van der Waals surface area contributed by atoms with Crippen molar-refractivity contribution in [1.82, 2.24) is 9.97 Å². The van der Waals surface area contributed by atoms with E-state index >= 15 is 0 Å². The average Bonchev–Trinajstić information content (AvgIpc) is 3.31. The molecule has 1 amide bonds. The number of hydrogen-bond acceptors (Lipinski definition) is 2. The molecule has 2 atom stereocenters. The maximum absolute atomic E-state index is 12.3. The highest BCUT2D eigenvalue weighted by Crippen LogP contribution is 2.58. The second kappa shape index (κ2) is 4.84. The SMILES string of the molecule is O=C1C2c3cc(C#Cc4ccccn4)ccc3N1C2c1ccc[nH]1. The number of β-lactam (4-membered cyclic amide) rings is 1. The fourth-order valence-corrected chi connectivity index (χ4v) is 3.58. The number of anilines is 1. The Morgan fingerprint density at radius 1 is 1.08 bits per heavy atom. The zero-order chi connectivity index (χ0) is 16.1. The first-order valence-electron chi connectivity index (χ1n) is 7.86. The van der Waals surface area contributed by atoms with E-state index in [0.717, 1.165) is 28.2 Å². The Bertz CT molecular complexity index is 996. The van der Waals surface area contributed by atoms with Gasteiger partial charge in [-0.1, -0.05) is 12.0 Å². The van der Waals surface area contributed by atoms with Gasteiger partial charge in [-0.15, -0.1) is 0 Å². The number of H-pyrrole nitrogens is 1. The molecule has 2 unspecified atom stereocenters. The number of nitrogens with one attached hydrogen (secondary N) is 1. The van der Waals surface area contributed by atoms with Gasteiger partial charge in [0.2, 0.25) is 5.91 Å². The highest BCUT2D eigenvalue weighted by Gasteiger charge is 2.57. The van der Waals surface area contributed by atoms with Crippen LogP contribution >= 0.6 is 0 Å². The first kappa shape index (κ1) is 13.1. The van der Waals surface area contributed by atoms with Gasteiger partial charge in [-0.05, 0) is 53.9 Å². The number of hydrogen-bond donors (Lipinski definition) is 1. The molecular formula is C20H13N3O. The Morgan fingerprint density at radius 2 is 2.04 bits per heavy atom. The number of amides is 1. The second-order valence-corrected chi connectivity index (χ2v) is 5.99. The molecular weight excluding hydrogens is 298 g/mol. The molecule has 2 aliphatic heterocycles. The molecule has 0 saturated carbocycles. The summed E-state index contributed by atoms with van der Waals surface area (Å²) in [6, 6.07) is 15.8. The van der Waals surface area contributed by atoms with Crippen LogP contribution in [0.5, 0.6) is 0 Å². The molecule has 0 spiro atoms. The van der Waals surface area contributed by atoms with Crippen LogP contribution in [0.4, 0.5) is 5.69 Å². The summed E-state index contributed by atoms with van der Waals surface area (Å²) < 4.78 is 0. The van der Waals surface area contributed by atoms with Gasteiger partial charge in [0.05, 0.1) is 12.0 Å². The second-order valence-electron chi connectivity index (χ2n) is 5.99. The maximum Gasteiger partial charge on any atom is 0.237 e. The molecule has 3 aromatic rings. The number of aromatic nitrogens is 2. The topological polar surface area (TPSA) is 49.0 Å². The van der Waals surface area contributed by atoms with Crippen LogP contribution in [0.25, 0.3) is 0 Å². The summed E-state index contributed by atoms with van der Waals surface area (Å²) >= 11 is 0. The van der Waals surface area contributed by atoms with E-state index in [2.05, 4.69) is 21.8 Å². The lowest BCUT2D eigenvalue weighted by atomic mass is 9.86. The minimum atomic E-state index is -0.0877. The van der Waals surface area contributed by atoms with E-state index in [1.54, 1.807) is 6.20 Å². The summed E-state index contributed by atoms with van der Waals surface area (Å²) in [7, 11) is 0. The lowest BCUT2D eigenvalue weighted by Crippen LogP contribution is -2.47. The third kappa shape index (κ3) is 1.76. The highest BCUT2D eigenvalue weighted by molar-refractivity contribution is 6.13. The minimum absolute atomic E-state index is 0.0877. The van der Waals surface area contributed by atoms with Crippen molar-refractivity contribution in [3.05, 3.63) is 83.4 Å². The van der Waals surface area contributed by atoms with Crippen LogP contribution in [0.15, 0.2) is 60.9 Å². The summed E-state index contributed by atoms with van der Waals surface area (Å²) in [5, 5.41) is 0. The Kier molecular flexibility index (Phi) is 2.65. The largest absolute Gasteiger partial charge is 0.363 e. The molecule has 0 radical (unpaired) electrons. The number of nitrogens with zero attached hydrogens (tertiary/aromatic N) is 2. The van der Waals surface area contributed by atoms with Gasteiger partial charge in [0.1, 0.15) is 5.69 Å². The van der Waals surface area contributed by atoms with E-state index in [1.807, 2.05) is 59.6 Å². The van der Waals surface area contributed by atoms with Crippen molar-refractivity contribution in [3.8, 4) is 11.8 Å². The monoisotopic (exact) mass is 311 g/mol. The van der Waals surface area contributed by atoms with E-state index in [4.69, 9.17) is 0 Å². The van der Waals surface area contributed by atoms with Crippen molar-refractivity contribution in [3.63, 3.8) is 0 Å². The standard InChI is InChI=1S/C20H13N3O/c24-20-18-15-12-13(6-8-14-4-1-2-10-21-14)7-9-17(15)23(20)19(18)16-5-3-11-22-16/h1-5,7,9-12,18-19,22H. The molecule has 1 fully saturated rings. The molecule has 4 heterocycles. The molecule has 0 aliphatic carbocycles. The van der Waals surface area contributed by atoms with Crippen LogP contribution in [-0.4, -0.2) is 15.9 Å². The van der Waals surface area contributed by atoms with Crippen LogP contribution in [0.3, 0.4) is 0 Å². The highest BCUT2D eigenvalue weighted by atomic mass is 16.2.